The Morgan fingerprint density at radius 3 is 2.72 bits per heavy atom. The molecule has 0 radical (unpaired) electrons. The van der Waals surface area contributed by atoms with E-state index in [-0.39, 0.29) is 30.7 Å². The standard InChI is InChI=1S/C18H17N3O4/c19-15(22)10-21-13-5-2-1-4-12(13)18(17(21)24)7-8-20(11-18)16(23)14-6-3-9-25-14/h1-6,9H,7-8,10-11H2,(H2,19,22)/t18-/m0/s1. The predicted molar refractivity (Wildman–Crippen MR) is 88.9 cm³/mol. The zero-order chi connectivity index (χ0) is 17.6. The molecular formula is C18H17N3O4. The number of para-hydroxylation sites is 1. The summed E-state index contributed by atoms with van der Waals surface area (Å²) in [4.78, 5) is 40.1. The number of rotatable bonds is 3. The number of hydrogen-bond acceptors (Lipinski definition) is 4. The minimum Gasteiger partial charge on any atom is -0.459 e. The third-order valence-electron chi connectivity index (χ3n) is 4.97. The Labute approximate surface area is 144 Å². The molecule has 1 atom stereocenters. The van der Waals surface area contributed by atoms with Gasteiger partial charge in [0.05, 0.1) is 11.7 Å². The average molecular weight is 339 g/mol. The van der Waals surface area contributed by atoms with E-state index in [0.717, 1.165) is 5.56 Å². The first-order valence-electron chi connectivity index (χ1n) is 8.05. The van der Waals surface area contributed by atoms with Crippen LogP contribution >= 0.6 is 0 Å². The van der Waals surface area contributed by atoms with Gasteiger partial charge >= 0.3 is 0 Å². The van der Waals surface area contributed by atoms with Crippen LogP contribution in [0.3, 0.4) is 0 Å². The molecule has 4 rings (SSSR count). The van der Waals surface area contributed by atoms with E-state index < -0.39 is 11.3 Å². The van der Waals surface area contributed by atoms with E-state index in [0.29, 0.717) is 18.7 Å². The first-order valence-corrected chi connectivity index (χ1v) is 8.05. The predicted octanol–water partition coefficient (Wildman–Crippen LogP) is 0.895. The molecule has 3 heterocycles. The molecule has 2 aliphatic heterocycles. The van der Waals surface area contributed by atoms with Gasteiger partial charge in [0.2, 0.25) is 11.8 Å². The van der Waals surface area contributed by atoms with Gasteiger partial charge in [0.1, 0.15) is 6.54 Å². The Bertz CT molecular complexity index is 861. The number of hydrogen-bond donors (Lipinski definition) is 1. The normalized spacial score (nSPS) is 21.8. The number of likely N-dealkylation sites (tertiary alicyclic amines) is 1. The van der Waals surface area contributed by atoms with Crippen LogP contribution in [0.25, 0.3) is 0 Å². The van der Waals surface area contributed by atoms with Crippen molar-refractivity contribution in [2.24, 2.45) is 5.73 Å². The second kappa shape index (κ2) is 5.47. The Morgan fingerprint density at radius 2 is 2.00 bits per heavy atom. The zero-order valence-electron chi connectivity index (χ0n) is 13.5. The summed E-state index contributed by atoms with van der Waals surface area (Å²) in [6.07, 6.45) is 1.95. The molecule has 0 aliphatic carbocycles. The number of nitrogens with two attached hydrogens (primary N) is 1. The van der Waals surface area contributed by atoms with E-state index in [4.69, 9.17) is 10.2 Å². The van der Waals surface area contributed by atoms with Crippen LogP contribution in [0.4, 0.5) is 5.69 Å². The summed E-state index contributed by atoms with van der Waals surface area (Å²) < 4.78 is 5.18. The Balaban J connectivity index is 1.69. The van der Waals surface area contributed by atoms with Gasteiger partial charge in [0.15, 0.2) is 5.76 Å². The van der Waals surface area contributed by atoms with Gasteiger partial charge in [-0.1, -0.05) is 18.2 Å². The third kappa shape index (κ3) is 2.23. The van der Waals surface area contributed by atoms with Crippen LogP contribution in [-0.4, -0.2) is 42.3 Å². The summed E-state index contributed by atoms with van der Waals surface area (Å²) in [5.41, 5.74) is 6.02. The molecular weight excluding hydrogens is 322 g/mol. The van der Waals surface area contributed by atoms with Crippen LogP contribution in [0.15, 0.2) is 47.1 Å². The van der Waals surface area contributed by atoms with Crippen molar-refractivity contribution in [2.45, 2.75) is 11.8 Å². The first-order chi connectivity index (χ1) is 12.0. The fourth-order valence-electron chi connectivity index (χ4n) is 3.84. The lowest BCUT2D eigenvalue weighted by molar-refractivity contribution is -0.125. The molecule has 7 heteroatoms. The lowest BCUT2D eigenvalue weighted by Gasteiger charge is -2.23. The minimum atomic E-state index is -0.825. The van der Waals surface area contributed by atoms with Gasteiger partial charge in [-0.05, 0) is 30.2 Å². The Kier molecular flexibility index (Phi) is 3.38. The number of carbonyl (C=O) groups is 3. The van der Waals surface area contributed by atoms with E-state index in [9.17, 15) is 14.4 Å². The molecule has 2 N–H and O–H groups in total. The Morgan fingerprint density at radius 1 is 1.20 bits per heavy atom. The van der Waals surface area contributed by atoms with Gasteiger partial charge in [-0.15, -0.1) is 0 Å². The number of fused-ring (bicyclic) bond motifs is 2. The Hall–Kier alpha value is -3.09. The molecule has 1 saturated heterocycles. The number of carbonyl (C=O) groups excluding carboxylic acids is 3. The fourth-order valence-corrected chi connectivity index (χ4v) is 3.84. The smallest absolute Gasteiger partial charge is 0.289 e. The van der Waals surface area contributed by atoms with Gasteiger partial charge in [-0.3, -0.25) is 14.4 Å². The molecule has 1 aromatic heterocycles. The molecule has 0 unspecified atom stereocenters. The third-order valence-corrected chi connectivity index (χ3v) is 4.97. The summed E-state index contributed by atoms with van der Waals surface area (Å²) in [5, 5.41) is 0. The molecule has 25 heavy (non-hydrogen) atoms. The van der Waals surface area contributed by atoms with Crippen molar-refractivity contribution < 1.29 is 18.8 Å². The fraction of sp³-hybridized carbons (Fsp3) is 0.278. The van der Waals surface area contributed by atoms with Crippen LogP contribution in [0, 0.1) is 0 Å². The number of primary amides is 1. The second-order valence-corrected chi connectivity index (χ2v) is 6.41. The molecule has 1 spiro atoms. The molecule has 0 saturated carbocycles. The molecule has 2 aliphatic rings. The van der Waals surface area contributed by atoms with Crippen molar-refractivity contribution in [3.05, 3.63) is 54.0 Å². The first kappa shape index (κ1) is 15.4. The van der Waals surface area contributed by atoms with Gasteiger partial charge in [-0.2, -0.15) is 0 Å². The maximum Gasteiger partial charge on any atom is 0.289 e. The monoisotopic (exact) mass is 339 g/mol. The minimum absolute atomic E-state index is 0.163. The van der Waals surface area contributed by atoms with Crippen molar-refractivity contribution in [1.29, 1.82) is 0 Å². The largest absolute Gasteiger partial charge is 0.459 e. The van der Waals surface area contributed by atoms with Gasteiger partial charge in [-0.25, -0.2) is 0 Å². The number of anilines is 1. The lowest BCUT2D eigenvalue weighted by atomic mass is 9.81. The van der Waals surface area contributed by atoms with E-state index >= 15 is 0 Å². The van der Waals surface area contributed by atoms with Crippen molar-refractivity contribution in [1.82, 2.24) is 4.90 Å². The van der Waals surface area contributed by atoms with Crippen LogP contribution in [0.2, 0.25) is 0 Å². The van der Waals surface area contributed by atoms with Crippen LogP contribution in [-0.2, 0) is 15.0 Å². The quantitative estimate of drug-likeness (QED) is 0.898. The van der Waals surface area contributed by atoms with E-state index in [1.165, 1.54) is 11.2 Å². The summed E-state index contributed by atoms with van der Waals surface area (Å²) in [6, 6.07) is 10.6. The molecule has 128 valence electrons. The highest BCUT2D eigenvalue weighted by molar-refractivity contribution is 6.11. The maximum atomic E-state index is 13.1. The van der Waals surface area contributed by atoms with E-state index in [1.54, 1.807) is 17.0 Å². The number of amides is 3. The molecule has 7 nitrogen and oxygen atoms in total. The summed E-state index contributed by atoms with van der Waals surface area (Å²) in [5.74, 6) is -0.728. The second-order valence-electron chi connectivity index (χ2n) is 6.41. The van der Waals surface area contributed by atoms with Gasteiger partial charge < -0.3 is 20.0 Å². The van der Waals surface area contributed by atoms with Gasteiger partial charge in [0, 0.05) is 18.8 Å². The molecule has 3 amide bonds. The number of nitrogens with zero attached hydrogens (tertiary/aromatic N) is 2. The molecule has 1 fully saturated rings. The van der Waals surface area contributed by atoms with Crippen LogP contribution in [0.1, 0.15) is 22.5 Å². The highest BCUT2D eigenvalue weighted by Crippen LogP contribution is 2.47. The zero-order valence-corrected chi connectivity index (χ0v) is 13.5. The van der Waals surface area contributed by atoms with E-state index in [1.807, 2.05) is 24.3 Å². The van der Waals surface area contributed by atoms with Crippen molar-refractivity contribution in [3.63, 3.8) is 0 Å². The van der Waals surface area contributed by atoms with Crippen LogP contribution in [0.5, 0.6) is 0 Å². The maximum absolute atomic E-state index is 13.1. The van der Waals surface area contributed by atoms with Crippen molar-refractivity contribution in [2.75, 3.05) is 24.5 Å². The lowest BCUT2D eigenvalue weighted by Crippen LogP contribution is -2.45. The molecule has 0 bridgehead atoms. The highest BCUT2D eigenvalue weighted by Gasteiger charge is 2.55. The van der Waals surface area contributed by atoms with Crippen molar-refractivity contribution >= 4 is 23.4 Å². The topological polar surface area (TPSA) is 96.9 Å². The number of furan rings is 1. The summed E-state index contributed by atoms with van der Waals surface area (Å²) in [7, 11) is 0. The van der Waals surface area contributed by atoms with Crippen molar-refractivity contribution in [3.8, 4) is 0 Å². The average Bonchev–Trinajstić information content (AvgIpc) is 3.32. The molecule has 1 aromatic carbocycles. The molecule has 2 aromatic rings. The number of benzene rings is 1. The van der Waals surface area contributed by atoms with Crippen LogP contribution < -0.4 is 10.6 Å². The van der Waals surface area contributed by atoms with Gasteiger partial charge in [0.25, 0.3) is 5.91 Å². The summed E-state index contributed by atoms with van der Waals surface area (Å²) in [6.45, 7) is 0.547. The summed E-state index contributed by atoms with van der Waals surface area (Å²) >= 11 is 0. The SMILES string of the molecule is NC(=O)CN1C(=O)[C@]2(CCN(C(=O)c3ccco3)C2)c2ccccc21. The van der Waals surface area contributed by atoms with E-state index in [2.05, 4.69) is 0 Å². The highest BCUT2D eigenvalue weighted by atomic mass is 16.3.